The van der Waals surface area contributed by atoms with E-state index in [1.165, 1.54) is 10.5 Å². The summed E-state index contributed by atoms with van der Waals surface area (Å²) < 4.78 is 25.5. The Balaban J connectivity index is 2.92. The molecule has 17 heavy (non-hydrogen) atoms. The molecule has 0 aliphatic carbocycles. The molecular formula is C11H19N3O2S. The highest BCUT2D eigenvalue weighted by molar-refractivity contribution is 7.89. The molecule has 0 aliphatic heterocycles. The van der Waals surface area contributed by atoms with Crippen molar-refractivity contribution >= 4 is 15.8 Å². The number of nitrogens with zero attached hydrogens (tertiary/aromatic N) is 2. The van der Waals surface area contributed by atoms with Crippen molar-refractivity contribution in [3.05, 3.63) is 18.3 Å². The van der Waals surface area contributed by atoms with E-state index in [1.807, 2.05) is 13.8 Å². The molecule has 1 aromatic rings. The van der Waals surface area contributed by atoms with Crippen LogP contribution >= 0.6 is 0 Å². The third-order valence-electron chi connectivity index (χ3n) is 2.34. The quantitative estimate of drug-likeness (QED) is 0.839. The maximum atomic E-state index is 12.1. The van der Waals surface area contributed by atoms with E-state index in [1.54, 1.807) is 19.2 Å². The third-order valence-corrected chi connectivity index (χ3v) is 4.18. The fourth-order valence-corrected chi connectivity index (χ4v) is 2.64. The summed E-state index contributed by atoms with van der Waals surface area (Å²) in [7, 11) is -1.81. The van der Waals surface area contributed by atoms with Gasteiger partial charge in [-0.3, -0.25) is 0 Å². The van der Waals surface area contributed by atoms with Crippen LogP contribution in [-0.4, -0.2) is 37.8 Å². The fraction of sp³-hybridized carbons (Fsp3) is 0.545. The normalized spacial score (nSPS) is 11.8. The van der Waals surface area contributed by atoms with Gasteiger partial charge in [0.05, 0.1) is 0 Å². The van der Waals surface area contributed by atoms with Crippen molar-refractivity contribution in [1.29, 1.82) is 0 Å². The van der Waals surface area contributed by atoms with E-state index in [4.69, 9.17) is 0 Å². The van der Waals surface area contributed by atoms with E-state index >= 15 is 0 Å². The highest BCUT2D eigenvalue weighted by Gasteiger charge is 2.19. The van der Waals surface area contributed by atoms with Gasteiger partial charge in [0, 0.05) is 26.3 Å². The molecule has 0 aromatic carbocycles. The molecule has 0 fully saturated rings. The number of hydrogen-bond donors (Lipinski definition) is 1. The Bertz CT molecular complexity index is 442. The Morgan fingerprint density at radius 1 is 1.35 bits per heavy atom. The molecule has 5 nitrogen and oxygen atoms in total. The largest absolute Gasteiger partial charge is 0.370 e. The minimum atomic E-state index is -3.39. The van der Waals surface area contributed by atoms with Gasteiger partial charge in [0.15, 0.2) is 0 Å². The minimum Gasteiger partial charge on any atom is -0.370 e. The van der Waals surface area contributed by atoms with Gasteiger partial charge in [-0.2, -0.15) is 0 Å². The number of nitrogens with one attached hydrogen (secondary N) is 1. The van der Waals surface area contributed by atoms with Crippen molar-refractivity contribution in [2.45, 2.75) is 25.2 Å². The molecule has 96 valence electrons. The second-order valence-electron chi connectivity index (χ2n) is 3.74. The summed E-state index contributed by atoms with van der Waals surface area (Å²) in [5.74, 6) is 0.685. The van der Waals surface area contributed by atoms with Crippen LogP contribution in [-0.2, 0) is 10.0 Å². The minimum absolute atomic E-state index is 0.232. The first-order valence-corrected chi connectivity index (χ1v) is 7.12. The summed E-state index contributed by atoms with van der Waals surface area (Å²) in [6.07, 6.45) is 2.18. The number of aromatic nitrogens is 1. The van der Waals surface area contributed by atoms with Gasteiger partial charge in [0.1, 0.15) is 10.7 Å². The Hall–Kier alpha value is -1.14. The first kappa shape index (κ1) is 13.9. The van der Waals surface area contributed by atoms with Gasteiger partial charge in [0.2, 0.25) is 10.0 Å². The van der Waals surface area contributed by atoms with E-state index in [-0.39, 0.29) is 4.90 Å². The smallest absolute Gasteiger partial charge is 0.244 e. The zero-order valence-corrected chi connectivity index (χ0v) is 11.3. The van der Waals surface area contributed by atoms with Gasteiger partial charge in [-0.25, -0.2) is 17.7 Å². The van der Waals surface area contributed by atoms with Gasteiger partial charge in [-0.1, -0.05) is 6.92 Å². The summed E-state index contributed by atoms with van der Waals surface area (Å²) in [6.45, 7) is 5.17. The number of anilines is 1. The van der Waals surface area contributed by atoms with Crippen LogP contribution in [0.5, 0.6) is 0 Å². The maximum absolute atomic E-state index is 12.1. The molecule has 0 amide bonds. The van der Waals surface area contributed by atoms with Crippen molar-refractivity contribution in [3.8, 4) is 0 Å². The molecule has 0 saturated heterocycles. The second kappa shape index (κ2) is 5.97. The third kappa shape index (κ3) is 3.41. The SMILES string of the molecule is CCCN(C)S(=O)(=O)c1ccc(NCC)nc1. The molecule has 0 bridgehead atoms. The average Bonchev–Trinajstić information content (AvgIpc) is 2.30. The van der Waals surface area contributed by atoms with Crippen molar-refractivity contribution in [2.24, 2.45) is 0 Å². The first-order chi connectivity index (χ1) is 8.02. The number of pyridine rings is 1. The molecule has 0 aliphatic rings. The van der Waals surface area contributed by atoms with Crippen molar-refractivity contribution in [2.75, 3.05) is 25.5 Å². The standard InChI is InChI=1S/C11H19N3O2S/c1-4-8-14(3)17(15,16)10-6-7-11(12-5-2)13-9-10/h6-7,9H,4-5,8H2,1-3H3,(H,12,13). The van der Waals surface area contributed by atoms with E-state index in [2.05, 4.69) is 10.3 Å². The van der Waals surface area contributed by atoms with Gasteiger partial charge in [0.25, 0.3) is 0 Å². The van der Waals surface area contributed by atoms with E-state index in [0.29, 0.717) is 12.4 Å². The van der Waals surface area contributed by atoms with Gasteiger partial charge >= 0.3 is 0 Å². The van der Waals surface area contributed by atoms with Crippen LogP contribution in [0, 0.1) is 0 Å². The fourth-order valence-electron chi connectivity index (χ4n) is 1.43. The lowest BCUT2D eigenvalue weighted by Crippen LogP contribution is -2.27. The number of hydrogen-bond acceptors (Lipinski definition) is 4. The van der Waals surface area contributed by atoms with Crippen LogP contribution in [0.25, 0.3) is 0 Å². The molecule has 1 N–H and O–H groups in total. The van der Waals surface area contributed by atoms with Crippen molar-refractivity contribution in [3.63, 3.8) is 0 Å². The average molecular weight is 257 g/mol. The molecule has 0 saturated carbocycles. The predicted molar refractivity (Wildman–Crippen MR) is 68.5 cm³/mol. The molecule has 1 heterocycles. The zero-order valence-electron chi connectivity index (χ0n) is 10.5. The summed E-state index contributed by atoms with van der Waals surface area (Å²) in [6, 6.07) is 3.25. The predicted octanol–water partition coefficient (Wildman–Crippen LogP) is 1.54. The Morgan fingerprint density at radius 3 is 2.53 bits per heavy atom. The van der Waals surface area contributed by atoms with Gasteiger partial charge in [-0.05, 0) is 25.5 Å². The Labute approximate surface area is 103 Å². The molecule has 1 aromatic heterocycles. The van der Waals surface area contributed by atoms with Crippen LogP contribution in [0.15, 0.2) is 23.2 Å². The summed E-state index contributed by atoms with van der Waals surface area (Å²) >= 11 is 0. The molecule has 0 radical (unpaired) electrons. The lowest BCUT2D eigenvalue weighted by atomic mass is 10.4. The lowest BCUT2D eigenvalue weighted by molar-refractivity contribution is 0.468. The van der Waals surface area contributed by atoms with Crippen LogP contribution in [0.2, 0.25) is 0 Å². The van der Waals surface area contributed by atoms with Crippen molar-refractivity contribution in [1.82, 2.24) is 9.29 Å². The molecule has 1 rings (SSSR count). The van der Waals surface area contributed by atoms with Crippen LogP contribution in [0.1, 0.15) is 20.3 Å². The van der Waals surface area contributed by atoms with Crippen LogP contribution < -0.4 is 5.32 Å². The monoisotopic (exact) mass is 257 g/mol. The molecule has 0 unspecified atom stereocenters. The molecular weight excluding hydrogens is 238 g/mol. The maximum Gasteiger partial charge on any atom is 0.244 e. The first-order valence-electron chi connectivity index (χ1n) is 5.68. The van der Waals surface area contributed by atoms with Gasteiger partial charge < -0.3 is 5.32 Å². The van der Waals surface area contributed by atoms with E-state index in [9.17, 15) is 8.42 Å². The highest BCUT2D eigenvalue weighted by atomic mass is 32.2. The number of rotatable bonds is 6. The molecule has 6 heteroatoms. The topological polar surface area (TPSA) is 62.3 Å². The Kier molecular flexibility index (Phi) is 4.89. The van der Waals surface area contributed by atoms with E-state index in [0.717, 1.165) is 13.0 Å². The van der Waals surface area contributed by atoms with Gasteiger partial charge in [-0.15, -0.1) is 0 Å². The van der Waals surface area contributed by atoms with Crippen molar-refractivity contribution < 1.29 is 8.42 Å². The number of sulfonamides is 1. The van der Waals surface area contributed by atoms with Crippen LogP contribution in [0.4, 0.5) is 5.82 Å². The second-order valence-corrected chi connectivity index (χ2v) is 5.78. The molecule has 0 atom stereocenters. The zero-order chi connectivity index (χ0) is 12.9. The Morgan fingerprint density at radius 2 is 2.06 bits per heavy atom. The summed E-state index contributed by atoms with van der Waals surface area (Å²) in [5, 5.41) is 3.02. The summed E-state index contributed by atoms with van der Waals surface area (Å²) in [4.78, 5) is 4.29. The highest BCUT2D eigenvalue weighted by Crippen LogP contribution is 2.15. The lowest BCUT2D eigenvalue weighted by Gasteiger charge is -2.16. The molecule has 0 spiro atoms. The van der Waals surface area contributed by atoms with Crippen LogP contribution in [0.3, 0.4) is 0 Å². The van der Waals surface area contributed by atoms with E-state index < -0.39 is 10.0 Å². The summed E-state index contributed by atoms with van der Waals surface area (Å²) in [5.41, 5.74) is 0.